The zero-order valence-electron chi connectivity index (χ0n) is 14.0. The van der Waals surface area contributed by atoms with E-state index in [-0.39, 0.29) is 11.1 Å². The van der Waals surface area contributed by atoms with E-state index in [0.29, 0.717) is 0 Å². The number of aliphatic hydroxyl groups is 6. The van der Waals surface area contributed by atoms with Gasteiger partial charge in [-0.1, -0.05) is 6.08 Å². The van der Waals surface area contributed by atoms with Crippen molar-refractivity contribution in [2.45, 2.75) is 43.1 Å². The Balaban J connectivity index is 1.84. The lowest BCUT2D eigenvalue weighted by molar-refractivity contribution is -0.340. The number of fused-ring (bicyclic) bond motifs is 1. The largest absolute Gasteiger partial charge is 0.478 e. The topological polar surface area (TPSA) is 186 Å². The molecule has 1 aliphatic carbocycles. The molecule has 2 heterocycles. The van der Waals surface area contributed by atoms with Gasteiger partial charge in [-0.05, 0) is 5.57 Å². The third kappa shape index (κ3) is 3.48. The number of hydrogen-bond acceptors (Lipinski definition) is 10. The van der Waals surface area contributed by atoms with E-state index < -0.39 is 74.1 Å². The van der Waals surface area contributed by atoms with Gasteiger partial charge >= 0.3 is 5.97 Å². The molecule has 0 aromatic carbocycles. The first-order valence-corrected chi connectivity index (χ1v) is 8.34. The number of ether oxygens (including phenoxy) is 3. The molecule has 1 fully saturated rings. The summed E-state index contributed by atoms with van der Waals surface area (Å²) >= 11 is 0. The average molecular weight is 390 g/mol. The van der Waals surface area contributed by atoms with Gasteiger partial charge in [0.05, 0.1) is 37.1 Å². The third-order valence-electron chi connectivity index (χ3n) is 5.10. The second-order valence-corrected chi connectivity index (χ2v) is 6.66. The van der Waals surface area contributed by atoms with Crippen LogP contribution in [0.25, 0.3) is 0 Å². The van der Waals surface area contributed by atoms with Gasteiger partial charge in [0.25, 0.3) is 0 Å². The van der Waals surface area contributed by atoms with Gasteiger partial charge in [0.2, 0.25) is 6.29 Å². The van der Waals surface area contributed by atoms with Crippen LogP contribution in [0, 0.1) is 11.8 Å². The van der Waals surface area contributed by atoms with Gasteiger partial charge in [-0.15, -0.1) is 0 Å². The molecule has 0 saturated carbocycles. The first kappa shape index (κ1) is 20.2. The standard InChI is InChI=1S/C16H22O11/c17-2-5-1-7(19)10-6(14(23)24)4-25-15(9(5)10)27-16-13(22)12(21)11(20)8(3-18)26-16/h1,4,7-13,15-22H,2-3H2,(H,23,24)/t7-,8+,9-,10+,11+,12-,13+,15+,16-/m1/s1. The number of rotatable bonds is 5. The van der Waals surface area contributed by atoms with Gasteiger partial charge < -0.3 is 50.0 Å². The summed E-state index contributed by atoms with van der Waals surface area (Å²) in [5, 5.41) is 68.0. The van der Waals surface area contributed by atoms with Crippen LogP contribution in [-0.2, 0) is 19.0 Å². The number of hydrogen-bond donors (Lipinski definition) is 7. The van der Waals surface area contributed by atoms with Crippen LogP contribution in [0.1, 0.15) is 0 Å². The molecule has 0 spiro atoms. The molecule has 2 aliphatic heterocycles. The molecule has 1 saturated heterocycles. The Labute approximate surface area is 153 Å². The highest BCUT2D eigenvalue weighted by Crippen LogP contribution is 2.44. The van der Waals surface area contributed by atoms with Crippen molar-refractivity contribution in [2.75, 3.05) is 13.2 Å². The maximum Gasteiger partial charge on any atom is 0.335 e. The second-order valence-electron chi connectivity index (χ2n) is 6.66. The van der Waals surface area contributed by atoms with E-state index in [0.717, 1.165) is 6.26 Å². The van der Waals surface area contributed by atoms with Crippen LogP contribution < -0.4 is 0 Å². The van der Waals surface area contributed by atoms with E-state index in [1.807, 2.05) is 0 Å². The molecule has 0 aromatic rings. The van der Waals surface area contributed by atoms with Crippen molar-refractivity contribution >= 4 is 5.97 Å². The van der Waals surface area contributed by atoms with Gasteiger partial charge in [0, 0.05) is 5.92 Å². The summed E-state index contributed by atoms with van der Waals surface area (Å²) < 4.78 is 16.1. The molecule has 3 aliphatic rings. The van der Waals surface area contributed by atoms with E-state index in [4.69, 9.17) is 14.2 Å². The molecule has 3 rings (SSSR count). The lowest BCUT2D eigenvalue weighted by Gasteiger charge is -2.43. The summed E-state index contributed by atoms with van der Waals surface area (Å²) in [5.74, 6) is -3.13. The van der Waals surface area contributed by atoms with Crippen molar-refractivity contribution in [3.8, 4) is 0 Å². The summed E-state index contributed by atoms with van der Waals surface area (Å²) in [4.78, 5) is 11.4. The number of carboxylic acid groups (broad SMARTS) is 1. The molecule has 7 N–H and O–H groups in total. The Hall–Kier alpha value is -1.57. The predicted molar refractivity (Wildman–Crippen MR) is 83.6 cm³/mol. The lowest BCUT2D eigenvalue weighted by atomic mass is 9.82. The van der Waals surface area contributed by atoms with Crippen molar-refractivity contribution < 1.29 is 54.8 Å². The third-order valence-corrected chi connectivity index (χ3v) is 5.10. The molecule has 0 amide bonds. The number of carbonyl (C=O) groups is 1. The van der Waals surface area contributed by atoms with Gasteiger partial charge in [0.1, 0.15) is 24.4 Å². The molecule has 0 bridgehead atoms. The number of aliphatic carboxylic acids is 1. The number of aliphatic hydroxyl groups excluding tert-OH is 6. The minimum atomic E-state index is -1.68. The Morgan fingerprint density at radius 3 is 2.33 bits per heavy atom. The lowest BCUT2D eigenvalue weighted by Crippen LogP contribution is -2.60. The van der Waals surface area contributed by atoms with Crippen molar-refractivity contribution in [1.82, 2.24) is 0 Å². The summed E-state index contributed by atoms with van der Waals surface area (Å²) in [6.45, 7) is -1.13. The molecule has 0 radical (unpaired) electrons. The molecule has 152 valence electrons. The van der Waals surface area contributed by atoms with Crippen LogP contribution >= 0.6 is 0 Å². The van der Waals surface area contributed by atoms with Gasteiger partial charge in [-0.2, -0.15) is 0 Å². The minimum Gasteiger partial charge on any atom is -0.478 e. The van der Waals surface area contributed by atoms with E-state index in [2.05, 4.69) is 0 Å². The highest BCUT2D eigenvalue weighted by molar-refractivity contribution is 5.87. The van der Waals surface area contributed by atoms with Crippen molar-refractivity contribution in [3.05, 3.63) is 23.5 Å². The summed E-state index contributed by atoms with van der Waals surface area (Å²) in [6.07, 6.45) is -7.83. The van der Waals surface area contributed by atoms with Crippen LogP contribution in [0.3, 0.4) is 0 Å². The Kier molecular flexibility index (Phi) is 5.84. The van der Waals surface area contributed by atoms with E-state index >= 15 is 0 Å². The van der Waals surface area contributed by atoms with Crippen LogP contribution in [0.5, 0.6) is 0 Å². The first-order valence-electron chi connectivity index (χ1n) is 8.34. The fourth-order valence-corrected chi connectivity index (χ4v) is 3.68. The van der Waals surface area contributed by atoms with Crippen LogP contribution in [0.15, 0.2) is 23.5 Å². The van der Waals surface area contributed by atoms with Crippen molar-refractivity contribution in [3.63, 3.8) is 0 Å². The fourth-order valence-electron chi connectivity index (χ4n) is 3.68. The van der Waals surface area contributed by atoms with Crippen LogP contribution in [0.4, 0.5) is 0 Å². The maximum atomic E-state index is 11.4. The summed E-state index contributed by atoms with van der Waals surface area (Å²) in [7, 11) is 0. The molecule has 0 unspecified atom stereocenters. The zero-order chi connectivity index (χ0) is 19.9. The van der Waals surface area contributed by atoms with Gasteiger partial charge in [-0.25, -0.2) is 4.79 Å². The highest BCUT2D eigenvalue weighted by atomic mass is 16.8. The predicted octanol–water partition coefficient (Wildman–Crippen LogP) is -3.35. The fraction of sp³-hybridized carbons (Fsp3) is 0.688. The number of carboxylic acids is 1. The maximum absolute atomic E-state index is 11.4. The smallest absolute Gasteiger partial charge is 0.335 e. The van der Waals surface area contributed by atoms with E-state index in [1.54, 1.807) is 0 Å². The van der Waals surface area contributed by atoms with Crippen LogP contribution in [0.2, 0.25) is 0 Å². The summed E-state index contributed by atoms with van der Waals surface area (Å²) in [5.41, 5.74) is 0.0785. The highest BCUT2D eigenvalue weighted by Gasteiger charge is 2.51. The first-order chi connectivity index (χ1) is 12.8. The molecular weight excluding hydrogens is 368 g/mol. The van der Waals surface area contributed by atoms with Crippen LogP contribution in [-0.4, -0.2) is 98.0 Å². The van der Waals surface area contributed by atoms with Gasteiger partial charge in [-0.3, -0.25) is 0 Å². The van der Waals surface area contributed by atoms with E-state index in [1.165, 1.54) is 6.08 Å². The molecular formula is C16H22O11. The van der Waals surface area contributed by atoms with Crippen molar-refractivity contribution in [2.24, 2.45) is 11.8 Å². The Morgan fingerprint density at radius 2 is 1.74 bits per heavy atom. The van der Waals surface area contributed by atoms with Gasteiger partial charge in [0.15, 0.2) is 6.29 Å². The molecule has 27 heavy (non-hydrogen) atoms. The summed E-state index contributed by atoms with van der Waals surface area (Å²) in [6, 6.07) is 0. The molecule has 11 heteroatoms. The quantitative estimate of drug-likeness (QED) is 0.233. The SMILES string of the molecule is O=C(O)C1=CO[C@@H](O[C@H]2O[C@@H](CO)[C@H](O)[C@@H](O)[C@@H]2O)[C@@H]2C(CO)=C[C@@H](O)[C@H]12. The monoisotopic (exact) mass is 390 g/mol. The average Bonchev–Trinajstić information content (AvgIpc) is 2.99. The van der Waals surface area contributed by atoms with Crippen molar-refractivity contribution in [1.29, 1.82) is 0 Å². The Morgan fingerprint density at radius 1 is 1.04 bits per heavy atom. The molecule has 11 nitrogen and oxygen atoms in total. The zero-order valence-corrected chi connectivity index (χ0v) is 14.0. The minimum absolute atomic E-state index is 0.208. The molecule has 0 aromatic heterocycles. The molecule has 9 atom stereocenters. The second kappa shape index (κ2) is 7.81. The Bertz CT molecular complexity index is 630. The normalized spacial score (nSPS) is 44.1. The van der Waals surface area contributed by atoms with E-state index in [9.17, 15) is 40.5 Å².